The summed E-state index contributed by atoms with van der Waals surface area (Å²) in [5.74, 6) is 0. The fourth-order valence-electron chi connectivity index (χ4n) is 3.42. The highest BCUT2D eigenvalue weighted by atomic mass is 79.9. The zero-order chi connectivity index (χ0) is 14.2. The van der Waals surface area contributed by atoms with Gasteiger partial charge in [-0.3, -0.25) is 4.21 Å². The van der Waals surface area contributed by atoms with Crippen molar-refractivity contribution in [3.05, 3.63) is 22.7 Å². The van der Waals surface area contributed by atoms with E-state index in [-0.39, 0.29) is 10.9 Å². The Morgan fingerprint density at radius 2 is 2.10 bits per heavy atom. The summed E-state index contributed by atoms with van der Waals surface area (Å²) < 4.78 is 19.8. The Morgan fingerprint density at radius 1 is 1.35 bits per heavy atom. The molecule has 2 unspecified atom stereocenters. The van der Waals surface area contributed by atoms with E-state index in [4.69, 9.17) is 10.5 Å². The summed E-state index contributed by atoms with van der Waals surface area (Å²) in [6.45, 7) is 0.729. The summed E-state index contributed by atoms with van der Waals surface area (Å²) in [4.78, 5) is 0.772. The first-order chi connectivity index (χ1) is 9.60. The number of anilines is 1. The Kier molecular flexibility index (Phi) is 4.20. The monoisotopic (exact) mass is 357 g/mol. The molecular weight excluding hydrogens is 338 g/mol. The lowest BCUT2D eigenvalue weighted by Crippen LogP contribution is -2.41. The number of ether oxygens (including phenoxy) is 1. The molecule has 1 aliphatic heterocycles. The van der Waals surface area contributed by atoms with Crippen LogP contribution in [0.2, 0.25) is 0 Å². The van der Waals surface area contributed by atoms with E-state index >= 15 is 0 Å². The highest BCUT2D eigenvalue weighted by Crippen LogP contribution is 2.42. The van der Waals surface area contributed by atoms with E-state index in [1.54, 1.807) is 0 Å². The Balaban J connectivity index is 1.79. The van der Waals surface area contributed by atoms with Gasteiger partial charge in [0.05, 0.1) is 21.3 Å². The zero-order valence-electron chi connectivity index (χ0n) is 11.4. The quantitative estimate of drug-likeness (QED) is 0.822. The standard InChI is InChI=1S/C15H20BrNO2S/c16-11-3-4-14(13(17)9-11)20(18)12-5-8-19-15(10-12)6-1-2-7-15/h3-4,9,12H,1-2,5-8,10,17H2. The van der Waals surface area contributed by atoms with Crippen LogP contribution in [0, 0.1) is 0 Å². The van der Waals surface area contributed by atoms with Crippen molar-refractivity contribution in [2.24, 2.45) is 0 Å². The highest BCUT2D eigenvalue weighted by Gasteiger charge is 2.41. The summed E-state index contributed by atoms with van der Waals surface area (Å²) in [6.07, 6.45) is 6.49. The largest absolute Gasteiger partial charge is 0.398 e. The van der Waals surface area contributed by atoms with E-state index in [0.717, 1.165) is 41.7 Å². The van der Waals surface area contributed by atoms with Crippen LogP contribution >= 0.6 is 15.9 Å². The molecule has 2 aliphatic rings. The molecule has 1 spiro atoms. The van der Waals surface area contributed by atoms with Crippen LogP contribution in [0.15, 0.2) is 27.6 Å². The van der Waals surface area contributed by atoms with Crippen LogP contribution in [0.4, 0.5) is 5.69 Å². The molecule has 1 aromatic rings. The highest BCUT2D eigenvalue weighted by molar-refractivity contribution is 9.10. The number of halogens is 1. The Hall–Kier alpha value is -0.390. The maximum absolute atomic E-state index is 12.8. The van der Waals surface area contributed by atoms with Crippen molar-refractivity contribution < 1.29 is 8.95 Å². The van der Waals surface area contributed by atoms with Crippen LogP contribution in [-0.4, -0.2) is 21.7 Å². The average molecular weight is 358 g/mol. The van der Waals surface area contributed by atoms with Gasteiger partial charge in [-0.05, 0) is 43.9 Å². The van der Waals surface area contributed by atoms with Gasteiger partial charge in [-0.2, -0.15) is 0 Å². The van der Waals surface area contributed by atoms with Crippen molar-refractivity contribution in [2.75, 3.05) is 12.3 Å². The molecule has 20 heavy (non-hydrogen) atoms. The smallest absolute Gasteiger partial charge is 0.0694 e. The predicted molar refractivity (Wildman–Crippen MR) is 85.1 cm³/mol. The van der Waals surface area contributed by atoms with Crippen molar-refractivity contribution >= 4 is 32.4 Å². The van der Waals surface area contributed by atoms with E-state index in [1.165, 1.54) is 12.8 Å². The number of hydrogen-bond acceptors (Lipinski definition) is 3. The van der Waals surface area contributed by atoms with Gasteiger partial charge in [-0.15, -0.1) is 0 Å². The van der Waals surface area contributed by atoms with Gasteiger partial charge in [0.25, 0.3) is 0 Å². The van der Waals surface area contributed by atoms with Crippen molar-refractivity contribution in [1.82, 2.24) is 0 Å². The van der Waals surface area contributed by atoms with Crippen molar-refractivity contribution in [3.8, 4) is 0 Å². The molecule has 3 nitrogen and oxygen atoms in total. The van der Waals surface area contributed by atoms with Crippen molar-refractivity contribution in [3.63, 3.8) is 0 Å². The molecule has 0 bridgehead atoms. The maximum atomic E-state index is 12.8. The number of rotatable bonds is 2. The van der Waals surface area contributed by atoms with Crippen molar-refractivity contribution in [2.45, 2.75) is 54.3 Å². The molecule has 0 aromatic heterocycles. The van der Waals surface area contributed by atoms with E-state index in [1.807, 2.05) is 18.2 Å². The number of benzene rings is 1. The summed E-state index contributed by atoms with van der Waals surface area (Å²) >= 11 is 3.39. The predicted octanol–water partition coefficient (Wildman–Crippen LogP) is 3.63. The normalized spacial score (nSPS) is 26.8. The fourth-order valence-corrected chi connectivity index (χ4v) is 5.41. The maximum Gasteiger partial charge on any atom is 0.0694 e. The fraction of sp³-hybridized carbons (Fsp3) is 0.600. The Bertz CT molecular complexity index is 529. The second-order valence-electron chi connectivity index (χ2n) is 5.83. The van der Waals surface area contributed by atoms with E-state index in [9.17, 15) is 4.21 Å². The summed E-state index contributed by atoms with van der Waals surface area (Å²) in [6, 6.07) is 5.62. The molecule has 1 saturated heterocycles. The molecule has 2 atom stereocenters. The molecule has 3 rings (SSSR count). The number of hydrogen-bond donors (Lipinski definition) is 1. The first kappa shape index (κ1) is 14.5. The van der Waals surface area contributed by atoms with Gasteiger partial charge in [-0.25, -0.2) is 0 Å². The first-order valence-electron chi connectivity index (χ1n) is 7.19. The van der Waals surface area contributed by atoms with Gasteiger partial charge >= 0.3 is 0 Å². The average Bonchev–Trinajstić information content (AvgIpc) is 2.86. The first-order valence-corrected chi connectivity index (χ1v) is 9.20. The summed E-state index contributed by atoms with van der Waals surface area (Å²) in [5.41, 5.74) is 6.64. The van der Waals surface area contributed by atoms with Crippen LogP contribution in [0.25, 0.3) is 0 Å². The van der Waals surface area contributed by atoms with Gasteiger partial charge < -0.3 is 10.5 Å². The lowest BCUT2D eigenvalue weighted by molar-refractivity contribution is -0.0708. The third-order valence-electron chi connectivity index (χ3n) is 4.45. The molecular formula is C15H20BrNO2S. The van der Waals surface area contributed by atoms with Crippen molar-refractivity contribution in [1.29, 1.82) is 0 Å². The van der Waals surface area contributed by atoms with E-state index in [0.29, 0.717) is 5.69 Å². The van der Waals surface area contributed by atoms with Gasteiger partial charge in [0.2, 0.25) is 0 Å². The van der Waals surface area contributed by atoms with E-state index in [2.05, 4.69) is 15.9 Å². The van der Waals surface area contributed by atoms with Crippen LogP contribution in [-0.2, 0) is 15.5 Å². The van der Waals surface area contributed by atoms with E-state index < -0.39 is 10.8 Å². The second kappa shape index (κ2) is 5.78. The molecule has 5 heteroatoms. The Morgan fingerprint density at radius 3 is 2.80 bits per heavy atom. The lowest BCUT2D eigenvalue weighted by Gasteiger charge is -2.37. The molecule has 2 N–H and O–H groups in total. The Labute approximate surface area is 130 Å². The molecule has 1 saturated carbocycles. The molecule has 1 aromatic carbocycles. The molecule has 0 radical (unpaired) electrons. The van der Waals surface area contributed by atoms with Gasteiger partial charge in [0.1, 0.15) is 0 Å². The SMILES string of the molecule is Nc1cc(Br)ccc1S(=O)C1CCOC2(CCCC2)C1. The molecule has 0 amide bonds. The zero-order valence-corrected chi connectivity index (χ0v) is 13.8. The van der Waals surface area contributed by atoms with Gasteiger partial charge in [0.15, 0.2) is 0 Å². The second-order valence-corrected chi connectivity index (χ2v) is 8.45. The minimum absolute atomic E-state index is 0.00268. The van der Waals surface area contributed by atoms with Crippen LogP contribution in [0.3, 0.4) is 0 Å². The molecule has 1 aliphatic carbocycles. The number of nitrogen functional groups attached to an aromatic ring is 1. The molecule has 110 valence electrons. The minimum atomic E-state index is -1.04. The topological polar surface area (TPSA) is 52.3 Å². The lowest BCUT2D eigenvalue weighted by atomic mass is 9.92. The molecule has 1 heterocycles. The summed E-state index contributed by atoms with van der Waals surface area (Å²) in [5, 5.41) is 0.172. The third-order valence-corrected chi connectivity index (χ3v) is 6.76. The third kappa shape index (κ3) is 2.81. The van der Waals surface area contributed by atoms with Crippen LogP contribution < -0.4 is 5.73 Å². The van der Waals surface area contributed by atoms with Crippen LogP contribution in [0.1, 0.15) is 38.5 Å². The van der Waals surface area contributed by atoms with Gasteiger partial charge in [0, 0.05) is 22.0 Å². The summed E-state index contributed by atoms with van der Waals surface area (Å²) in [7, 11) is -1.04. The number of nitrogens with two attached hydrogens (primary N) is 1. The van der Waals surface area contributed by atoms with Crippen LogP contribution in [0.5, 0.6) is 0 Å². The van der Waals surface area contributed by atoms with Gasteiger partial charge in [-0.1, -0.05) is 28.8 Å². The molecule has 2 fully saturated rings. The minimum Gasteiger partial charge on any atom is -0.398 e.